The van der Waals surface area contributed by atoms with Crippen LogP contribution in [0.3, 0.4) is 0 Å². The highest BCUT2D eigenvalue weighted by Gasteiger charge is 2.41. The summed E-state index contributed by atoms with van der Waals surface area (Å²) < 4.78 is 17.2. The Hall–Kier alpha value is -4.78. The number of ether oxygens (including phenoxy) is 3. The molecule has 37 heavy (non-hydrogen) atoms. The summed E-state index contributed by atoms with van der Waals surface area (Å²) in [5, 5.41) is 15.5. The van der Waals surface area contributed by atoms with E-state index in [0.29, 0.717) is 42.6 Å². The highest BCUT2D eigenvalue weighted by atomic mass is 16.5. The molecule has 2 unspecified atom stereocenters. The molecule has 10 nitrogen and oxygen atoms in total. The number of aromatic amines is 1. The first-order chi connectivity index (χ1) is 18.1. The number of carbonyl (C=O) groups is 1. The third-order valence-electron chi connectivity index (χ3n) is 6.15. The van der Waals surface area contributed by atoms with Gasteiger partial charge >= 0.3 is 0 Å². The molecule has 0 bridgehead atoms. The van der Waals surface area contributed by atoms with Crippen LogP contribution < -0.4 is 30.4 Å². The van der Waals surface area contributed by atoms with Crippen LogP contribution in [0.4, 0.5) is 11.8 Å². The molecule has 0 spiro atoms. The quantitative estimate of drug-likeness (QED) is 0.421. The fourth-order valence-electron chi connectivity index (χ4n) is 4.45. The van der Waals surface area contributed by atoms with Gasteiger partial charge in [-0.3, -0.25) is 14.6 Å². The Bertz CT molecular complexity index is 1440. The van der Waals surface area contributed by atoms with Crippen molar-refractivity contribution in [1.29, 1.82) is 5.26 Å². The lowest BCUT2D eigenvalue weighted by molar-refractivity contribution is -0.119. The molecule has 2 atom stereocenters. The van der Waals surface area contributed by atoms with Crippen molar-refractivity contribution in [2.24, 2.45) is 5.92 Å². The smallest absolute Gasteiger partial charge is 0.258 e. The van der Waals surface area contributed by atoms with Crippen molar-refractivity contribution in [1.82, 2.24) is 9.97 Å². The van der Waals surface area contributed by atoms with Crippen molar-refractivity contribution >= 4 is 17.7 Å². The summed E-state index contributed by atoms with van der Waals surface area (Å²) in [6, 6.07) is 14.7. The minimum atomic E-state index is -1.13. The van der Waals surface area contributed by atoms with Crippen LogP contribution in [0.2, 0.25) is 0 Å². The average Bonchev–Trinajstić information content (AvgIpc) is 3.15. The highest BCUT2D eigenvalue weighted by Crippen LogP contribution is 2.41. The molecule has 1 amide bonds. The Morgan fingerprint density at radius 3 is 2.81 bits per heavy atom. The number of aromatic nitrogens is 2. The third kappa shape index (κ3) is 4.84. The molecule has 0 radical (unpaired) electrons. The van der Waals surface area contributed by atoms with Crippen LogP contribution >= 0.6 is 0 Å². The summed E-state index contributed by atoms with van der Waals surface area (Å²) in [6.07, 6.45) is 2.41. The molecule has 0 fully saturated rings. The SMILES string of the molecule is C=CCOc1ccccc1C1c2c(nc(NCc3ccc4c(c3)OCCCO4)[nH]c2=O)NC(=O)C1C#N. The molecule has 2 aromatic carbocycles. The van der Waals surface area contributed by atoms with Gasteiger partial charge in [0.25, 0.3) is 5.56 Å². The van der Waals surface area contributed by atoms with Gasteiger partial charge in [0.1, 0.15) is 24.1 Å². The molecule has 2 aliphatic heterocycles. The maximum absolute atomic E-state index is 13.3. The van der Waals surface area contributed by atoms with Gasteiger partial charge in [-0.1, -0.05) is 36.9 Å². The zero-order valence-electron chi connectivity index (χ0n) is 20.0. The van der Waals surface area contributed by atoms with E-state index in [1.54, 1.807) is 30.3 Å². The molecule has 3 N–H and O–H groups in total. The fraction of sp³-hybridized carbons (Fsp3) is 0.259. The average molecular weight is 500 g/mol. The first kappa shape index (κ1) is 23.9. The third-order valence-corrected chi connectivity index (χ3v) is 6.15. The number of nitrogens with one attached hydrogen (secondary N) is 3. The molecule has 188 valence electrons. The Balaban J connectivity index is 1.46. The van der Waals surface area contributed by atoms with Crippen LogP contribution in [0, 0.1) is 17.2 Å². The number of amides is 1. The van der Waals surface area contributed by atoms with Gasteiger partial charge < -0.3 is 24.8 Å². The topological polar surface area (TPSA) is 138 Å². The molecular weight excluding hydrogens is 474 g/mol. The van der Waals surface area contributed by atoms with Crippen LogP contribution in [0.25, 0.3) is 0 Å². The number of rotatable bonds is 7. The summed E-state index contributed by atoms with van der Waals surface area (Å²) in [4.78, 5) is 33.4. The van der Waals surface area contributed by atoms with Gasteiger partial charge in [0.05, 0.1) is 24.8 Å². The van der Waals surface area contributed by atoms with E-state index in [9.17, 15) is 14.9 Å². The largest absolute Gasteiger partial charge is 0.490 e. The standard InChI is InChI=1S/C27H25N5O5/c1-2-10-35-19-7-4-3-6-17(19)22-18(14-28)25(33)30-24-23(22)26(34)32-27(31-24)29-15-16-8-9-20-21(13-16)37-12-5-11-36-20/h2-4,6-9,13,18,22H,1,5,10-12,15H2,(H3,29,30,31,32,33,34). The number of nitriles is 1. The Morgan fingerprint density at radius 2 is 2.00 bits per heavy atom. The van der Waals surface area contributed by atoms with Crippen LogP contribution in [0.5, 0.6) is 17.2 Å². The van der Waals surface area contributed by atoms with Crippen molar-refractivity contribution in [3.8, 4) is 23.3 Å². The van der Waals surface area contributed by atoms with Gasteiger partial charge in [-0.15, -0.1) is 0 Å². The second kappa shape index (κ2) is 10.5. The van der Waals surface area contributed by atoms with Gasteiger partial charge in [-0.05, 0) is 23.8 Å². The summed E-state index contributed by atoms with van der Waals surface area (Å²) in [7, 11) is 0. The number of para-hydroxylation sites is 1. The number of nitrogens with zero attached hydrogens (tertiary/aromatic N) is 2. The van der Waals surface area contributed by atoms with Crippen molar-refractivity contribution in [2.45, 2.75) is 18.9 Å². The van der Waals surface area contributed by atoms with E-state index >= 15 is 0 Å². The number of anilines is 2. The second-order valence-corrected chi connectivity index (χ2v) is 8.57. The molecule has 0 saturated carbocycles. The van der Waals surface area contributed by atoms with Gasteiger partial charge in [-0.2, -0.15) is 10.2 Å². The van der Waals surface area contributed by atoms with E-state index < -0.39 is 23.3 Å². The number of fused-ring (bicyclic) bond motifs is 2. The summed E-state index contributed by atoms with van der Waals surface area (Å²) in [6.45, 7) is 5.42. The molecule has 3 heterocycles. The van der Waals surface area contributed by atoms with Gasteiger partial charge in [-0.25, -0.2) is 0 Å². The number of hydrogen-bond donors (Lipinski definition) is 3. The van der Waals surface area contributed by atoms with Crippen molar-refractivity contribution in [3.05, 3.63) is 82.2 Å². The number of benzene rings is 2. The monoisotopic (exact) mass is 499 g/mol. The predicted octanol–water partition coefficient (Wildman–Crippen LogP) is 3.33. The second-order valence-electron chi connectivity index (χ2n) is 8.57. The van der Waals surface area contributed by atoms with Crippen molar-refractivity contribution in [2.75, 3.05) is 30.5 Å². The van der Waals surface area contributed by atoms with E-state index in [1.165, 1.54) is 0 Å². The van der Waals surface area contributed by atoms with Crippen LogP contribution in [0.15, 0.2) is 59.9 Å². The van der Waals surface area contributed by atoms with E-state index in [2.05, 4.69) is 27.2 Å². The molecule has 10 heteroatoms. The van der Waals surface area contributed by atoms with E-state index in [1.807, 2.05) is 24.3 Å². The first-order valence-corrected chi connectivity index (χ1v) is 11.9. The molecule has 0 saturated heterocycles. The van der Waals surface area contributed by atoms with Crippen molar-refractivity contribution < 1.29 is 19.0 Å². The van der Waals surface area contributed by atoms with E-state index in [-0.39, 0.29) is 23.9 Å². The molecule has 2 aliphatic rings. The van der Waals surface area contributed by atoms with E-state index in [4.69, 9.17) is 14.2 Å². The summed E-state index contributed by atoms with van der Waals surface area (Å²) in [5.74, 6) is -0.425. The number of hydrogen-bond acceptors (Lipinski definition) is 8. The minimum Gasteiger partial charge on any atom is -0.490 e. The van der Waals surface area contributed by atoms with Crippen molar-refractivity contribution in [3.63, 3.8) is 0 Å². The Morgan fingerprint density at radius 1 is 1.19 bits per heavy atom. The lowest BCUT2D eigenvalue weighted by Crippen LogP contribution is -2.38. The Kier molecular flexibility index (Phi) is 6.76. The maximum Gasteiger partial charge on any atom is 0.258 e. The molecule has 0 aliphatic carbocycles. The van der Waals surface area contributed by atoms with Gasteiger partial charge in [0, 0.05) is 24.4 Å². The normalized spacial score (nSPS) is 18.0. The zero-order valence-corrected chi connectivity index (χ0v) is 20.0. The molecule has 3 aromatic rings. The van der Waals surface area contributed by atoms with Gasteiger partial charge in [0.2, 0.25) is 11.9 Å². The fourth-order valence-corrected chi connectivity index (χ4v) is 4.45. The number of H-pyrrole nitrogens is 1. The lowest BCUT2D eigenvalue weighted by Gasteiger charge is -2.29. The first-order valence-electron chi connectivity index (χ1n) is 11.9. The number of carbonyl (C=O) groups excluding carboxylic acids is 1. The maximum atomic E-state index is 13.3. The zero-order chi connectivity index (χ0) is 25.8. The van der Waals surface area contributed by atoms with E-state index in [0.717, 1.165) is 12.0 Å². The molecule has 5 rings (SSSR count). The Labute approximate surface area is 212 Å². The predicted molar refractivity (Wildman–Crippen MR) is 136 cm³/mol. The van der Waals surface area contributed by atoms with Gasteiger partial charge in [0.15, 0.2) is 11.5 Å². The molecule has 1 aromatic heterocycles. The van der Waals surface area contributed by atoms with Crippen LogP contribution in [-0.4, -0.2) is 35.7 Å². The summed E-state index contributed by atoms with van der Waals surface area (Å²) >= 11 is 0. The minimum absolute atomic E-state index is 0.102. The molecular formula is C27H25N5O5. The van der Waals surface area contributed by atoms with Crippen LogP contribution in [-0.2, 0) is 11.3 Å². The van der Waals surface area contributed by atoms with Crippen LogP contribution in [0.1, 0.15) is 29.0 Å². The lowest BCUT2D eigenvalue weighted by atomic mass is 9.79. The highest BCUT2D eigenvalue weighted by molar-refractivity contribution is 5.98. The summed E-state index contributed by atoms with van der Waals surface area (Å²) in [5.41, 5.74) is 1.17.